The Labute approximate surface area is 152 Å². The van der Waals surface area contributed by atoms with Gasteiger partial charge in [-0.05, 0) is 38.7 Å². The van der Waals surface area contributed by atoms with Crippen LogP contribution in [0, 0.1) is 31.6 Å². The fourth-order valence-corrected chi connectivity index (χ4v) is 3.20. The lowest BCUT2D eigenvalue weighted by Gasteiger charge is -2.17. The van der Waals surface area contributed by atoms with Gasteiger partial charge in [0.2, 0.25) is 5.95 Å². The van der Waals surface area contributed by atoms with Gasteiger partial charge in [0.1, 0.15) is 0 Å². The Hall–Kier alpha value is -2.95. The van der Waals surface area contributed by atoms with E-state index in [1.54, 1.807) is 10.9 Å². The maximum absolute atomic E-state index is 12.2. The molecule has 4 rings (SSSR count). The molecule has 0 unspecified atom stereocenters. The summed E-state index contributed by atoms with van der Waals surface area (Å²) in [5, 5.41) is 11.0. The number of nitrogens with one attached hydrogen (secondary N) is 1. The van der Waals surface area contributed by atoms with Crippen molar-refractivity contribution < 1.29 is 4.79 Å². The van der Waals surface area contributed by atoms with E-state index in [1.807, 2.05) is 26.1 Å². The van der Waals surface area contributed by atoms with Crippen LogP contribution in [0.4, 0.5) is 5.95 Å². The number of carbonyl (C=O) groups excluding carboxylic acids is 1. The van der Waals surface area contributed by atoms with Crippen molar-refractivity contribution in [3.63, 3.8) is 0 Å². The second-order valence-corrected chi connectivity index (χ2v) is 6.93. The average Bonchev–Trinajstić information content (AvgIpc) is 3.09. The Balaban J connectivity index is 1.54. The number of anilines is 1. The second kappa shape index (κ2) is 6.75. The molecule has 26 heavy (non-hydrogen) atoms. The molecule has 0 aromatic carbocycles. The summed E-state index contributed by atoms with van der Waals surface area (Å²) in [6.45, 7) is 5.16. The van der Waals surface area contributed by atoms with Crippen LogP contribution in [0.5, 0.6) is 0 Å². The Morgan fingerprint density at radius 2 is 2.00 bits per heavy atom. The van der Waals surface area contributed by atoms with Crippen LogP contribution in [-0.2, 0) is 4.79 Å². The van der Waals surface area contributed by atoms with Gasteiger partial charge in [-0.15, -0.1) is 5.10 Å². The van der Waals surface area contributed by atoms with Crippen LogP contribution in [0.2, 0.25) is 0 Å². The summed E-state index contributed by atoms with van der Waals surface area (Å²) < 4.78 is 1.78. The van der Waals surface area contributed by atoms with E-state index in [-0.39, 0.29) is 18.0 Å². The first-order valence-corrected chi connectivity index (χ1v) is 8.83. The molecule has 2 aromatic heterocycles. The minimum absolute atomic E-state index is 0.0476. The zero-order chi connectivity index (χ0) is 18.1. The molecule has 1 saturated heterocycles. The fraction of sp³-hybridized carbons (Fsp3) is 0.500. The van der Waals surface area contributed by atoms with Gasteiger partial charge < -0.3 is 10.2 Å². The van der Waals surface area contributed by atoms with Gasteiger partial charge in [-0.25, -0.2) is 14.6 Å². The molecule has 2 fully saturated rings. The highest BCUT2D eigenvalue weighted by atomic mass is 16.1. The summed E-state index contributed by atoms with van der Waals surface area (Å²) in [5.41, 5.74) is 1.85. The van der Waals surface area contributed by atoms with Gasteiger partial charge >= 0.3 is 0 Å². The Kier molecular flexibility index (Phi) is 4.29. The zero-order valence-corrected chi connectivity index (χ0v) is 14.9. The van der Waals surface area contributed by atoms with Crippen molar-refractivity contribution >= 4 is 11.9 Å². The lowest BCUT2D eigenvalue weighted by molar-refractivity contribution is -0.116. The van der Waals surface area contributed by atoms with Crippen molar-refractivity contribution in [2.24, 2.45) is 5.92 Å². The highest BCUT2D eigenvalue weighted by Crippen LogP contribution is 2.27. The molecule has 2 aliphatic rings. The number of hydrogen-bond acceptors (Lipinski definition) is 6. The quantitative estimate of drug-likeness (QED) is 0.817. The predicted molar refractivity (Wildman–Crippen MR) is 95.2 cm³/mol. The van der Waals surface area contributed by atoms with E-state index >= 15 is 0 Å². The fourth-order valence-electron chi connectivity index (χ4n) is 3.20. The summed E-state index contributed by atoms with van der Waals surface area (Å²) in [7, 11) is 0. The van der Waals surface area contributed by atoms with Gasteiger partial charge in [0, 0.05) is 36.6 Å². The average molecular weight is 351 g/mol. The van der Waals surface area contributed by atoms with Crippen molar-refractivity contribution in [3.8, 4) is 11.8 Å². The molecule has 1 aliphatic heterocycles. The van der Waals surface area contributed by atoms with Gasteiger partial charge in [-0.1, -0.05) is 11.1 Å². The van der Waals surface area contributed by atoms with Crippen LogP contribution >= 0.6 is 0 Å². The number of aromatic nitrogens is 5. The first-order chi connectivity index (χ1) is 12.6. The molecular weight excluding hydrogens is 330 g/mol. The van der Waals surface area contributed by atoms with Crippen molar-refractivity contribution in [1.82, 2.24) is 30.3 Å². The van der Waals surface area contributed by atoms with E-state index in [4.69, 9.17) is 0 Å². The normalized spacial score (nSPS) is 22.0. The van der Waals surface area contributed by atoms with Crippen molar-refractivity contribution in [2.75, 3.05) is 18.0 Å². The van der Waals surface area contributed by atoms with Crippen LogP contribution in [-0.4, -0.2) is 50.0 Å². The summed E-state index contributed by atoms with van der Waals surface area (Å²) in [5.74, 6) is 6.55. The van der Waals surface area contributed by atoms with Crippen molar-refractivity contribution in [1.29, 1.82) is 0 Å². The van der Waals surface area contributed by atoms with Crippen molar-refractivity contribution in [3.05, 3.63) is 29.8 Å². The number of hydrogen-bond donors (Lipinski definition) is 1. The van der Waals surface area contributed by atoms with Gasteiger partial charge in [-0.2, -0.15) is 0 Å². The number of amides is 1. The summed E-state index contributed by atoms with van der Waals surface area (Å²) >= 11 is 0. The second-order valence-electron chi connectivity index (χ2n) is 6.93. The number of nitrogens with zero attached hydrogens (tertiary/aromatic N) is 6. The van der Waals surface area contributed by atoms with Crippen LogP contribution in [0.25, 0.3) is 0 Å². The molecule has 1 N–H and O–H groups in total. The minimum Gasteiger partial charge on any atom is -0.339 e. The summed E-state index contributed by atoms with van der Waals surface area (Å²) in [6, 6.07) is 1.76. The van der Waals surface area contributed by atoms with Gasteiger partial charge in [0.15, 0.2) is 0 Å². The SMILES string of the molecule is Cc1cc(C)nc(N2C[C@@H](NC(=O)C#CC3CC3)[C@@H](n3ccnn3)C2)n1. The maximum atomic E-state index is 12.2. The lowest BCUT2D eigenvalue weighted by Crippen LogP contribution is -2.41. The van der Waals surface area contributed by atoms with E-state index in [9.17, 15) is 4.79 Å². The molecule has 3 heterocycles. The Morgan fingerprint density at radius 1 is 1.23 bits per heavy atom. The smallest absolute Gasteiger partial charge is 0.296 e. The molecule has 2 aromatic rings. The molecule has 8 heteroatoms. The van der Waals surface area contributed by atoms with E-state index in [0.717, 1.165) is 24.2 Å². The minimum atomic E-state index is -0.241. The third kappa shape index (κ3) is 3.67. The van der Waals surface area contributed by atoms with Gasteiger partial charge in [-0.3, -0.25) is 4.79 Å². The highest BCUT2D eigenvalue weighted by Gasteiger charge is 2.37. The molecule has 8 nitrogen and oxygen atoms in total. The molecule has 2 atom stereocenters. The van der Waals surface area contributed by atoms with E-state index in [1.165, 1.54) is 0 Å². The summed E-state index contributed by atoms with van der Waals surface area (Å²) in [6.07, 6.45) is 5.65. The van der Waals surface area contributed by atoms with Crippen LogP contribution in [0.3, 0.4) is 0 Å². The van der Waals surface area contributed by atoms with Crippen LogP contribution in [0.1, 0.15) is 30.3 Å². The first kappa shape index (κ1) is 16.5. The third-order valence-corrected chi connectivity index (χ3v) is 4.61. The number of aryl methyl sites for hydroxylation is 2. The maximum Gasteiger partial charge on any atom is 0.296 e. The van der Waals surface area contributed by atoms with Gasteiger partial charge in [0.05, 0.1) is 18.3 Å². The van der Waals surface area contributed by atoms with Crippen LogP contribution in [0.15, 0.2) is 18.5 Å². The highest BCUT2D eigenvalue weighted by molar-refractivity contribution is 5.93. The number of rotatable bonds is 3. The number of carbonyl (C=O) groups is 1. The molecule has 0 radical (unpaired) electrons. The molecule has 0 bridgehead atoms. The Morgan fingerprint density at radius 3 is 2.65 bits per heavy atom. The van der Waals surface area contributed by atoms with E-state index < -0.39 is 0 Å². The van der Waals surface area contributed by atoms with Gasteiger partial charge in [0.25, 0.3) is 5.91 Å². The molecule has 1 aliphatic carbocycles. The predicted octanol–water partition coefficient (Wildman–Crippen LogP) is 0.644. The lowest BCUT2D eigenvalue weighted by atomic mass is 10.2. The molecule has 1 amide bonds. The summed E-state index contributed by atoms with van der Waals surface area (Å²) in [4.78, 5) is 23.4. The molecule has 134 valence electrons. The largest absolute Gasteiger partial charge is 0.339 e. The topological polar surface area (TPSA) is 88.8 Å². The monoisotopic (exact) mass is 351 g/mol. The molecule has 0 spiro atoms. The Bertz CT molecular complexity index is 843. The molecular formula is C18H21N7O. The van der Waals surface area contributed by atoms with Crippen LogP contribution < -0.4 is 10.2 Å². The third-order valence-electron chi connectivity index (χ3n) is 4.61. The molecule has 1 saturated carbocycles. The zero-order valence-electron chi connectivity index (χ0n) is 14.9. The standard InChI is InChI=1S/C18H21N7O/c1-12-9-13(2)21-18(20-12)24-10-15(16(11-24)25-8-7-19-23-25)22-17(26)6-5-14-3-4-14/h7-9,14-16H,3-4,10-11H2,1-2H3,(H,22,26)/t15-,16+/m1/s1. The van der Waals surface area contributed by atoms with E-state index in [2.05, 4.69) is 42.3 Å². The first-order valence-electron chi connectivity index (χ1n) is 8.83. The van der Waals surface area contributed by atoms with Crippen molar-refractivity contribution in [2.45, 2.75) is 38.8 Å². The van der Waals surface area contributed by atoms with E-state index in [0.29, 0.717) is 25.0 Å².